The summed E-state index contributed by atoms with van der Waals surface area (Å²) in [6.07, 6.45) is 0.767. The Kier molecular flexibility index (Phi) is 4.58. The lowest BCUT2D eigenvalue weighted by Gasteiger charge is -2.09. The third-order valence-corrected chi connectivity index (χ3v) is 2.83. The van der Waals surface area contributed by atoms with E-state index in [0.29, 0.717) is 17.5 Å². The maximum Gasteiger partial charge on any atom is 0.219 e. The molecule has 4 nitrogen and oxygen atoms in total. The molecule has 0 radical (unpaired) electrons. The first-order chi connectivity index (χ1) is 9.21. The van der Waals surface area contributed by atoms with Crippen LogP contribution in [0.5, 0.6) is 5.88 Å². The van der Waals surface area contributed by atoms with Crippen LogP contribution in [0.15, 0.2) is 30.3 Å². The van der Waals surface area contributed by atoms with Gasteiger partial charge in [-0.05, 0) is 17.7 Å². The van der Waals surface area contributed by atoms with Crippen LogP contribution in [0.3, 0.4) is 0 Å². The summed E-state index contributed by atoms with van der Waals surface area (Å²) in [7, 11) is 1.82. The molecule has 0 atom stereocenters. The van der Waals surface area contributed by atoms with Crippen molar-refractivity contribution in [1.82, 2.24) is 9.97 Å². The molecule has 2 rings (SSSR count). The molecule has 0 unspecified atom stereocenters. The maximum absolute atomic E-state index is 5.93. The molecule has 0 amide bonds. The highest BCUT2D eigenvalue weighted by atomic mass is 35.5. The van der Waals surface area contributed by atoms with E-state index in [4.69, 9.17) is 16.3 Å². The number of benzene rings is 1. The minimum absolute atomic E-state index is 0.434. The lowest BCUT2D eigenvalue weighted by molar-refractivity contribution is 0.292. The van der Waals surface area contributed by atoms with E-state index in [2.05, 4.69) is 15.3 Å². The minimum atomic E-state index is 0.434. The van der Waals surface area contributed by atoms with Crippen molar-refractivity contribution in [2.24, 2.45) is 0 Å². The highest BCUT2D eigenvalue weighted by molar-refractivity contribution is 6.30. The average molecular weight is 278 g/mol. The first-order valence-corrected chi connectivity index (χ1v) is 6.52. The molecule has 0 bridgehead atoms. The molecule has 1 aromatic carbocycles. The summed E-state index contributed by atoms with van der Waals surface area (Å²) >= 11 is 5.93. The van der Waals surface area contributed by atoms with Crippen LogP contribution in [-0.4, -0.2) is 17.0 Å². The Hall–Kier alpha value is -1.81. The van der Waals surface area contributed by atoms with E-state index in [-0.39, 0.29) is 0 Å². The van der Waals surface area contributed by atoms with Gasteiger partial charge in [-0.15, -0.1) is 0 Å². The van der Waals surface area contributed by atoms with Crippen molar-refractivity contribution in [2.45, 2.75) is 20.0 Å². The first-order valence-electron chi connectivity index (χ1n) is 6.14. The molecule has 1 heterocycles. The quantitative estimate of drug-likeness (QED) is 0.911. The Morgan fingerprint density at radius 3 is 2.79 bits per heavy atom. The van der Waals surface area contributed by atoms with Crippen LogP contribution >= 0.6 is 11.6 Å². The van der Waals surface area contributed by atoms with Gasteiger partial charge in [-0.3, -0.25) is 0 Å². The highest BCUT2D eigenvalue weighted by Crippen LogP contribution is 2.16. The standard InChI is InChI=1S/C14H16ClN3O/c1-3-12-17-13(16-2)8-14(18-12)19-9-10-5-4-6-11(15)7-10/h4-8H,3,9H2,1-2H3,(H,16,17,18). The molecule has 0 saturated carbocycles. The van der Waals surface area contributed by atoms with Gasteiger partial charge in [0.25, 0.3) is 0 Å². The second-order valence-electron chi connectivity index (χ2n) is 4.03. The lowest BCUT2D eigenvalue weighted by Crippen LogP contribution is -2.03. The molecule has 0 aliphatic heterocycles. The van der Waals surface area contributed by atoms with Crippen LogP contribution in [0.1, 0.15) is 18.3 Å². The molecule has 100 valence electrons. The Morgan fingerprint density at radius 2 is 2.11 bits per heavy atom. The molecule has 0 fully saturated rings. The summed E-state index contributed by atoms with van der Waals surface area (Å²) in [4.78, 5) is 8.65. The second-order valence-corrected chi connectivity index (χ2v) is 4.47. The molecule has 5 heteroatoms. The number of aryl methyl sites for hydroxylation is 1. The number of ether oxygens (including phenoxy) is 1. The van der Waals surface area contributed by atoms with Crippen molar-refractivity contribution < 1.29 is 4.74 Å². The third-order valence-electron chi connectivity index (χ3n) is 2.60. The zero-order valence-corrected chi connectivity index (χ0v) is 11.7. The summed E-state index contributed by atoms with van der Waals surface area (Å²) in [6.45, 7) is 2.44. The molecule has 0 spiro atoms. The second kappa shape index (κ2) is 6.38. The monoisotopic (exact) mass is 277 g/mol. The number of anilines is 1. The van der Waals surface area contributed by atoms with Crippen molar-refractivity contribution in [3.05, 3.63) is 46.7 Å². The number of nitrogens with one attached hydrogen (secondary N) is 1. The van der Waals surface area contributed by atoms with E-state index >= 15 is 0 Å². The van der Waals surface area contributed by atoms with Gasteiger partial charge < -0.3 is 10.1 Å². The molecule has 0 aliphatic carbocycles. The molecule has 1 N–H and O–H groups in total. The Labute approximate surface area is 117 Å². The van der Waals surface area contributed by atoms with E-state index in [9.17, 15) is 0 Å². The summed E-state index contributed by atoms with van der Waals surface area (Å²) in [5, 5.41) is 3.70. The van der Waals surface area contributed by atoms with Gasteiger partial charge in [0.15, 0.2) is 0 Å². The normalized spacial score (nSPS) is 10.3. The van der Waals surface area contributed by atoms with Gasteiger partial charge >= 0.3 is 0 Å². The highest BCUT2D eigenvalue weighted by Gasteiger charge is 2.04. The van der Waals surface area contributed by atoms with Gasteiger partial charge in [-0.2, -0.15) is 4.98 Å². The number of hydrogen-bond donors (Lipinski definition) is 1. The van der Waals surface area contributed by atoms with Gasteiger partial charge in [-0.25, -0.2) is 4.98 Å². The maximum atomic E-state index is 5.93. The summed E-state index contributed by atoms with van der Waals surface area (Å²) in [6, 6.07) is 9.36. The number of hydrogen-bond acceptors (Lipinski definition) is 4. The molecular formula is C14H16ClN3O. The van der Waals surface area contributed by atoms with E-state index < -0.39 is 0 Å². The van der Waals surface area contributed by atoms with Crippen LogP contribution < -0.4 is 10.1 Å². The minimum Gasteiger partial charge on any atom is -0.473 e. The molecule has 2 aromatic rings. The van der Waals surface area contributed by atoms with Gasteiger partial charge in [0.1, 0.15) is 18.2 Å². The Balaban J connectivity index is 2.10. The predicted molar refractivity (Wildman–Crippen MR) is 76.7 cm³/mol. The summed E-state index contributed by atoms with van der Waals surface area (Å²) < 4.78 is 5.68. The van der Waals surface area contributed by atoms with Crippen molar-refractivity contribution in [1.29, 1.82) is 0 Å². The molecule has 1 aromatic heterocycles. The predicted octanol–water partition coefficient (Wildman–Crippen LogP) is 3.31. The van der Waals surface area contributed by atoms with Crippen LogP contribution in [0.25, 0.3) is 0 Å². The van der Waals surface area contributed by atoms with Gasteiger partial charge in [-0.1, -0.05) is 30.7 Å². The average Bonchev–Trinajstić information content (AvgIpc) is 2.44. The summed E-state index contributed by atoms with van der Waals surface area (Å²) in [5.74, 6) is 2.08. The van der Waals surface area contributed by atoms with Crippen LogP contribution in [0, 0.1) is 0 Å². The van der Waals surface area contributed by atoms with Crippen LogP contribution in [0.2, 0.25) is 5.02 Å². The lowest BCUT2D eigenvalue weighted by atomic mass is 10.2. The van der Waals surface area contributed by atoms with Crippen molar-refractivity contribution in [2.75, 3.05) is 12.4 Å². The molecular weight excluding hydrogens is 262 g/mol. The zero-order chi connectivity index (χ0) is 13.7. The number of nitrogens with zero attached hydrogens (tertiary/aromatic N) is 2. The van der Waals surface area contributed by atoms with Crippen LogP contribution in [0.4, 0.5) is 5.82 Å². The van der Waals surface area contributed by atoms with Crippen molar-refractivity contribution in [3.8, 4) is 5.88 Å². The Bertz CT molecular complexity index is 538. The van der Waals surface area contributed by atoms with Gasteiger partial charge in [0.05, 0.1) is 0 Å². The molecule has 19 heavy (non-hydrogen) atoms. The van der Waals surface area contributed by atoms with E-state index in [0.717, 1.165) is 23.6 Å². The number of halogens is 1. The van der Waals surface area contributed by atoms with Crippen molar-refractivity contribution in [3.63, 3.8) is 0 Å². The van der Waals surface area contributed by atoms with E-state index in [1.807, 2.05) is 38.2 Å². The van der Waals surface area contributed by atoms with Crippen molar-refractivity contribution >= 4 is 17.4 Å². The first kappa shape index (κ1) is 13.6. The molecule has 0 saturated heterocycles. The topological polar surface area (TPSA) is 47.0 Å². The number of rotatable bonds is 5. The smallest absolute Gasteiger partial charge is 0.219 e. The fourth-order valence-corrected chi connectivity index (χ4v) is 1.83. The SMILES string of the molecule is CCc1nc(NC)cc(OCc2cccc(Cl)c2)n1. The number of aromatic nitrogens is 2. The fraction of sp³-hybridized carbons (Fsp3) is 0.286. The fourth-order valence-electron chi connectivity index (χ4n) is 1.62. The molecule has 0 aliphatic rings. The van der Waals surface area contributed by atoms with Gasteiger partial charge in [0.2, 0.25) is 5.88 Å². The van der Waals surface area contributed by atoms with E-state index in [1.54, 1.807) is 6.07 Å². The summed E-state index contributed by atoms with van der Waals surface area (Å²) in [5.41, 5.74) is 1.01. The van der Waals surface area contributed by atoms with Crippen LogP contribution in [-0.2, 0) is 13.0 Å². The Morgan fingerprint density at radius 1 is 1.26 bits per heavy atom. The largest absolute Gasteiger partial charge is 0.473 e. The van der Waals surface area contributed by atoms with Gasteiger partial charge in [0, 0.05) is 24.6 Å². The zero-order valence-electron chi connectivity index (χ0n) is 11.0. The third kappa shape index (κ3) is 3.83. The van der Waals surface area contributed by atoms with E-state index in [1.165, 1.54) is 0 Å².